The van der Waals surface area contributed by atoms with E-state index in [4.69, 9.17) is 4.74 Å². The summed E-state index contributed by atoms with van der Waals surface area (Å²) in [5.74, 6) is -1.75. The average Bonchev–Trinajstić information content (AvgIpc) is 2.53. The van der Waals surface area contributed by atoms with E-state index in [-0.39, 0.29) is 17.4 Å². The van der Waals surface area contributed by atoms with E-state index < -0.39 is 17.6 Å². The lowest BCUT2D eigenvalue weighted by Crippen LogP contribution is -2.50. The number of aromatic carboxylic acids is 1. The third kappa shape index (κ3) is 3.43. The number of carbonyl (C=O) groups excluding carboxylic acids is 1. The molecule has 1 heterocycles. The molecule has 2 N–H and O–H groups in total. The minimum Gasteiger partial charge on any atom is -0.477 e. The van der Waals surface area contributed by atoms with E-state index >= 15 is 0 Å². The quantitative estimate of drug-likeness (QED) is 0.892. The second-order valence-corrected chi connectivity index (χ2v) is 5.82. The molecule has 2 aromatic rings. The zero-order valence-electron chi connectivity index (χ0n) is 13.5. The van der Waals surface area contributed by atoms with Gasteiger partial charge in [-0.1, -0.05) is 32.0 Å². The number of carboxylic acid groups (broad SMARTS) is 1. The fourth-order valence-electron chi connectivity index (χ4n) is 1.96. The van der Waals surface area contributed by atoms with Crippen LogP contribution in [0.2, 0.25) is 0 Å². The maximum Gasteiger partial charge on any atom is 0.415 e. The minimum atomic E-state index is -1.26. The lowest BCUT2D eigenvalue weighted by Gasteiger charge is -2.26. The van der Waals surface area contributed by atoms with Crippen molar-refractivity contribution in [2.45, 2.75) is 26.3 Å². The summed E-state index contributed by atoms with van der Waals surface area (Å²) < 4.78 is 5.07. The Morgan fingerprint density at radius 3 is 2.62 bits per heavy atom. The Balaban J connectivity index is 2.35. The second-order valence-electron chi connectivity index (χ2n) is 5.82. The van der Waals surface area contributed by atoms with Crippen LogP contribution in [-0.4, -0.2) is 27.7 Å². The number of rotatable bonds is 4. The van der Waals surface area contributed by atoms with Gasteiger partial charge in [0.1, 0.15) is 11.1 Å². The molecule has 1 aromatic heterocycles. The van der Waals surface area contributed by atoms with Crippen molar-refractivity contribution in [2.24, 2.45) is 5.92 Å². The van der Waals surface area contributed by atoms with Crippen molar-refractivity contribution >= 4 is 23.0 Å². The fraction of sp³-hybridized carbons (Fsp3) is 0.294. The number of hydrogen-bond donors (Lipinski definition) is 2. The number of nitrogens with zero attached hydrogens (tertiary/aromatic N) is 2. The molecule has 0 fully saturated rings. The molecule has 0 saturated heterocycles. The van der Waals surface area contributed by atoms with E-state index in [1.807, 2.05) is 6.07 Å². The monoisotopic (exact) mass is 327 g/mol. The van der Waals surface area contributed by atoms with E-state index in [1.165, 1.54) is 6.07 Å². The van der Waals surface area contributed by atoms with Gasteiger partial charge < -0.3 is 15.2 Å². The average molecular weight is 327 g/mol. The van der Waals surface area contributed by atoms with E-state index in [2.05, 4.69) is 10.3 Å². The molecule has 0 saturated carbocycles. The smallest absolute Gasteiger partial charge is 0.415 e. The van der Waals surface area contributed by atoms with Crippen molar-refractivity contribution in [1.82, 2.24) is 10.3 Å². The summed E-state index contributed by atoms with van der Waals surface area (Å²) in [4.78, 5) is 27.6. The summed E-state index contributed by atoms with van der Waals surface area (Å²) in [7, 11) is 0. The van der Waals surface area contributed by atoms with Gasteiger partial charge in [0.25, 0.3) is 0 Å². The van der Waals surface area contributed by atoms with Crippen LogP contribution in [0.5, 0.6) is 5.88 Å². The van der Waals surface area contributed by atoms with Crippen LogP contribution in [-0.2, 0) is 0 Å². The van der Waals surface area contributed by atoms with Gasteiger partial charge in [-0.25, -0.2) is 14.6 Å². The zero-order valence-corrected chi connectivity index (χ0v) is 13.5. The Morgan fingerprint density at radius 1 is 1.38 bits per heavy atom. The fourth-order valence-corrected chi connectivity index (χ4v) is 1.96. The number of benzene rings is 1. The second kappa shape index (κ2) is 6.54. The summed E-state index contributed by atoms with van der Waals surface area (Å²) in [5, 5.41) is 21.6. The predicted octanol–water partition coefficient (Wildman–Crippen LogP) is 2.96. The van der Waals surface area contributed by atoms with Crippen molar-refractivity contribution in [3.63, 3.8) is 0 Å². The van der Waals surface area contributed by atoms with Crippen LogP contribution in [0.3, 0.4) is 0 Å². The first-order valence-electron chi connectivity index (χ1n) is 7.31. The third-order valence-electron chi connectivity index (χ3n) is 3.86. The topological polar surface area (TPSA) is 112 Å². The summed E-state index contributed by atoms with van der Waals surface area (Å²) in [6, 6.07) is 10.3. The molecule has 0 aliphatic rings. The molecule has 124 valence electrons. The van der Waals surface area contributed by atoms with Crippen molar-refractivity contribution < 1.29 is 19.4 Å². The number of carbonyl (C=O) groups is 2. The molecule has 0 aliphatic heterocycles. The Hall–Kier alpha value is -3.14. The van der Waals surface area contributed by atoms with Crippen LogP contribution < -0.4 is 10.1 Å². The summed E-state index contributed by atoms with van der Waals surface area (Å²) in [6.07, 6.45) is -0.932. The highest BCUT2D eigenvalue weighted by Crippen LogP contribution is 2.23. The number of nitriles is 1. The number of nitrogens with one attached hydrogen (secondary N) is 1. The van der Waals surface area contributed by atoms with Gasteiger partial charge in [-0.3, -0.25) is 0 Å². The van der Waals surface area contributed by atoms with Gasteiger partial charge >= 0.3 is 12.1 Å². The molecule has 7 nitrogen and oxygen atoms in total. The number of ether oxygens (including phenoxy) is 1. The molecule has 1 unspecified atom stereocenters. The highest BCUT2D eigenvalue weighted by molar-refractivity contribution is 5.96. The summed E-state index contributed by atoms with van der Waals surface area (Å²) in [6.45, 7) is 5.12. The molecule has 24 heavy (non-hydrogen) atoms. The van der Waals surface area contributed by atoms with Crippen molar-refractivity contribution in [3.05, 3.63) is 35.9 Å². The first-order chi connectivity index (χ1) is 11.3. The number of fused-ring (bicyclic) bond motifs is 1. The summed E-state index contributed by atoms with van der Waals surface area (Å²) in [5.41, 5.74) is -0.874. The lowest BCUT2D eigenvalue weighted by molar-refractivity contribution is 0.0693. The van der Waals surface area contributed by atoms with E-state index in [0.717, 1.165) is 0 Å². The van der Waals surface area contributed by atoms with Crippen LogP contribution in [0.15, 0.2) is 30.3 Å². The SMILES string of the molecule is CC(C)C(C)(C#N)NC(=O)Oc1nc2ccccc2cc1C(=O)O. The van der Waals surface area contributed by atoms with Crippen molar-refractivity contribution in [3.8, 4) is 11.9 Å². The van der Waals surface area contributed by atoms with Crippen molar-refractivity contribution in [1.29, 1.82) is 5.26 Å². The molecule has 1 atom stereocenters. The van der Waals surface area contributed by atoms with Gasteiger partial charge in [-0.15, -0.1) is 0 Å². The van der Waals surface area contributed by atoms with Crippen LogP contribution in [0.25, 0.3) is 10.9 Å². The predicted molar refractivity (Wildman–Crippen MR) is 86.7 cm³/mol. The minimum absolute atomic E-state index is 0.168. The number of pyridine rings is 1. The number of carboxylic acids is 1. The zero-order chi connectivity index (χ0) is 17.9. The molecular formula is C17H17N3O4. The highest BCUT2D eigenvalue weighted by atomic mass is 16.6. The first kappa shape index (κ1) is 17.2. The molecule has 1 amide bonds. The Labute approximate surface area is 138 Å². The first-order valence-corrected chi connectivity index (χ1v) is 7.31. The molecule has 0 spiro atoms. The maximum atomic E-state index is 12.1. The Bertz CT molecular complexity index is 841. The number of hydrogen-bond acceptors (Lipinski definition) is 5. The van der Waals surface area contributed by atoms with Crippen LogP contribution >= 0.6 is 0 Å². The van der Waals surface area contributed by atoms with Crippen LogP contribution in [0.4, 0.5) is 4.79 Å². The molecular weight excluding hydrogens is 310 g/mol. The van der Waals surface area contributed by atoms with Crippen LogP contribution in [0.1, 0.15) is 31.1 Å². The number of para-hydroxylation sites is 1. The van der Waals surface area contributed by atoms with E-state index in [1.54, 1.807) is 45.0 Å². The molecule has 7 heteroatoms. The van der Waals surface area contributed by atoms with E-state index in [9.17, 15) is 20.0 Å². The Morgan fingerprint density at radius 2 is 2.04 bits per heavy atom. The third-order valence-corrected chi connectivity index (χ3v) is 3.86. The van der Waals surface area contributed by atoms with Gasteiger partial charge in [0.2, 0.25) is 5.88 Å². The number of amides is 1. The standard InChI is InChI=1S/C17H17N3O4/c1-10(2)17(3,9-18)20-16(23)24-14-12(15(21)22)8-11-6-4-5-7-13(11)19-14/h4-8,10H,1-3H3,(H,20,23)(H,21,22). The molecule has 0 radical (unpaired) electrons. The highest BCUT2D eigenvalue weighted by Gasteiger charge is 2.31. The van der Waals surface area contributed by atoms with Crippen LogP contribution in [0, 0.1) is 17.2 Å². The largest absolute Gasteiger partial charge is 0.477 e. The van der Waals surface area contributed by atoms with Gasteiger partial charge in [0.15, 0.2) is 0 Å². The van der Waals surface area contributed by atoms with Gasteiger partial charge in [-0.2, -0.15) is 5.26 Å². The van der Waals surface area contributed by atoms with Gasteiger partial charge in [0, 0.05) is 5.39 Å². The van der Waals surface area contributed by atoms with E-state index in [0.29, 0.717) is 10.9 Å². The lowest BCUT2D eigenvalue weighted by atomic mass is 9.90. The maximum absolute atomic E-state index is 12.1. The Kier molecular flexibility index (Phi) is 4.69. The summed E-state index contributed by atoms with van der Waals surface area (Å²) >= 11 is 0. The normalized spacial score (nSPS) is 13.1. The van der Waals surface area contributed by atoms with Crippen molar-refractivity contribution in [2.75, 3.05) is 0 Å². The molecule has 0 aliphatic carbocycles. The van der Waals surface area contributed by atoms with Gasteiger partial charge in [0.05, 0.1) is 11.6 Å². The van der Waals surface area contributed by atoms with Gasteiger partial charge in [-0.05, 0) is 25.0 Å². The molecule has 0 bridgehead atoms. The molecule has 2 rings (SSSR count). The number of aromatic nitrogens is 1. The molecule has 1 aromatic carbocycles.